The van der Waals surface area contributed by atoms with Gasteiger partial charge in [0.25, 0.3) is 0 Å². The molecule has 0 bridgehead atoms. The lowest BCUT2D eigenvalue weighted by Gasteiger charge is -2.39. The van der Waals surface area contributed by atoms with Crippen LogP contribution in [-0.2, 0) is 0 Å². The van der Waals surface area contributed by atoms with Crippen molar-refractivity contribution in [3.63, 3.8) is 0 Å². The van der Waals surface area contributed by atoms with Crippen molar-refractivity contribution in [2.75, 3.05) is 6.61 Å². The molecule has 0 fully saturated rings. The van der Waals surface area contributed by atoms with E-state index in [0.717, 1.165) is 25.7 Å². The number of unbranched alkanes of at least 4 members (excludes halogenated alkanes) is 2. The summed E-state index contributed by atoms with van der Waals surface area (Å²) in [5.41, 5.74) is -0.266. The SMILES string of the molecule is CCCCCC(CO)(CCC)C(O)C(C)C. The molecule has 0 saturated carbocycles. The van der Waals surface area contributed by atoms with Gasteiger partial charge in [-0.15, -0.1) is 0 Å². The fraction of sp³-hybridized carbons (Fsp3) is 1.00. The lowest BCUT2D eigenvalue weighted by molar-refractivity contribution is -0.0561. The number of aliphatic hydroxyl groups excluding tert-OH is 2. The second-order valence-corrected chi connectivity index (χ2v) is 5.42. The summed E-state index contributed by atoms with van der Waals surface area (Å²) in [6, 6.07) is 0. The monoisotopic (exact) mass is 230 g/mol. The molecule has 0 spiro atoms. The van der Waals surface area contributed by atoms with Gasteiger partial charge in [-0.2, -0.15) is 0 Å². The van der Waals surface area contributed by atoms with E-state index in [-0.39, 0.29) is 24.0 Å². The topological polar surface area (TPSA) is 40.5 Å². The first kappa shape index (κ1) is 15.9. The van der Waals surface area contributed by atoms with Crippen LogP contribution in [0.5, 0.6) is 0 Å². The third-order valence-corrected chi connectivity index (χ3v) is 3.60. The third-order valence-electron chi connectivity index (χ3n) is 3.60. The van der Waals surface area contributed by atoms with Gasteiger partial charge < -0.3 is 10.2 Å². The average Bonchev–Trinajstić information content (AvgIpc) is 2.27. The van der Waals surface area contributed by atoms with Crippen LogP contribution in [0.4, 0.5) is 0 Å². The molecule has 0 amide bonds. The molecule has 98 valence electrons. The Kier molecular flexibility index (Phi) is 8.04. The second kappa shape index (κ2) is 8.08. The molecular weight excluding hydrogens is 200 g/mol. The predicted octanol–water partition coefficient (Wildman–Crippen LogP) is 3.36. The van der Waals surface area contributed by atoms with E-state index in [9.17, 15) is 10.2 Å². The summed E-state index contributed by atoms with van der Waals surface area (Å²) in [5, 5.41) is 20.0. The van der Waals surface area contributed by atoms with Gasteiger partial charge in [0.1, 0.15) is 0 Å². The van der Waals surface area contributed by atoms with Crippen LogP contribution in [0.1, 0.15) is 66.2 Å². The Hall–Kier alpha value is -0.0800. The van der Waals surface area contributed by atoms with Crippen LogP contribution >= 0.6 is 0 Å². The molecule has 16 heavy (non-hydrogen) atoms. The number of aliphatic hydroxyl groups is 2. The van der Waals surface area contributed by atoms with Crippen molar-refractivity contribution in [1.29, 1.82) is 0 Å². The Morgan fingerprint density at radius 2 is 1.62 bits per heavy atom. The molecule has 0 rings (SSSR count). The summed E-state index contributed by atoms with van der Waals surface area (Å²) < 4.78 is 0. The maximum absolute atomic E-state index is 10.3. The first-order valence-corrected chi connectivity index (χ1v) is 6.83. The maximum Gasteiger partial charge on any atom is 0.0641 e. The van der Waals surface area contributed by atoms with Gasteiger partial charge in [0.15, 0.2) is 0 Å². The fourth-order valence-corrected chi connectivity index (χ4v) is 2.60. The molecule has 2 N–H and O–H groups in total. The Balaban J connectivity index is 4.56. The lowest BCUT2D eigenvalue weighted by atomic mass is 9.71. The minimum atomic E-state index is -0.380. The molecule has 2 nitrogen and oxygen atoms in total. The minimum Gasteiger partial charge on any atom is -0.396 e. The molecule has 0 radical (unpaired) electrons. The standard InChI is InChI=1S/C14H30O2/c1-5-7-8-10-14(11-15,9-6-2)13(16)12(3)4/h12-13,15-16H,5-11H2,1-4H3. The number of rotatable bonds is 9. The van der Waals surface area contributed by atoms with Gasteiger partial charge in [-0.1, -0.05) is 53.4 Å². The van der Waals surface area contributed by atoms with Crippen LogP contribution in [-0.4, -0.2) is 22.9 Å². The molecular formula is C14H30O2. The highest BCUT2D eigenvalue weighted by Gasteiger charge is 2.37. The molecule has 2 heteroatoms. The van der Waals surface area contributed by atoms with E-state index in [1.165, 1.54) is 12.8 Å². The molecule has 0 aliphatic rings. The highest BCUT2D eigenvalue weighted by molar-refractivity contribution is 4.87. The van der Waals surface area contributed by atoms with Crippen molar-refractivity contribution < 1.29 is 10.2 Å². The summed E-state index contributed by atoms with van der Waals surface area (Å²) >= 11 is 0. The molecule has 0 aliphatic heterocycles. The highest BCUT2D eigenvalue weighted by Crippen LogP contribution is 2.37. The Bertz CT molecular complexity index is 168. The molecule has 0 saturated heterocycles. The minimum absolute atomic E-state index is 0.115. The van der Waals surface area contributed by atoms with Crippen molar-refractivity contribution in [2.45, 2.75) is 72.3 Å². The van der Waals surface area contributed by atoms with Crippen LogP contribution in [0.15, 0.2) is 0 Å². The van der Waals surface area contributed by atoms with Gasteiger partial charge in [0.05, 0.1) is 12.7 Å². The van der Waals surface area contributed by atoms with E-state index in [4.69, 9.17) is 0 Å². The van der Waals surface area contributed by atoms with E-state index >= 15 is 0 Å². The summed E-state index contributed by atoms with van der Waals surface area (Å²) in [6.45, 7) is 8.48. The van der Waals surface area contributed by atoms with Gasteiger partial charge in [0, 0.05) is 5.41 Å². The zero-order valence-electron chi connectivity index (χ0n) is 11.5. The summed E-state index contributed by atoms with van der Waals surface area (Å²) in [5.74, 6) is 0.223. The van der Waals surface area contributed by atoms with Gasteiger partial charge in [-0.25, -0.2) is 0 Å². The van der Waals surface area contributed by atoms with Crippen molar-refractivity contribution in [1.82, 2.24) is 0 Å². The number of hydrogen-bond acceptors (Lipinski definition) is 2. The van der Waals surface area contributed by atoms with Crippen molar-refractivity contribution in [2.24, 2.45) is 11.3 Å². The lowest BCUT2D eigenvalue weighted by Crippen LogP contribution is -2.41. The van der Waals surface area contributed by atoms with Crippen molar-refractivity contribution in [3.8, 4) is 0 Å². The normalized spacial score (nSPS) is 17.4. The van der Waals surface area contributed by atoms with Gasteiger partial charge in [0.2, 0.25) is 0 Å². The van der Waals surface area contributed by atoms with Crippen LogP contribution in [0, 0.1) is 11.3 Å². The van der Waals surface area contributed by atoms with Gasteiger partial charge in [-0.05, 0) is 18.8 Å². The highest BCUT2D eigenvalue weighted by atomic mass is 16.3. The maximum atomic E-state index is 10.3. The third kappa shape index (κ3) is 4.42. The summed E-state index contributed by atoms with van der Waals surface area (Å²) in [4.78, 5) is 0. The van der Waals surface area contributed by atoms with Crippen LogP contribution < -0.4 is 0 Å². The molecule has 0 aromatic heterocycles. The number of hydrogen-bond donors (Lipinski definition) is 2. The average molecular weight is 230 g/mol. The van der Waals surface area contributed by atoms with E-state index in [0.29, 0.717) is 0 Å². The smallest absolute Gasteiger partial charge is 0.0641 e. The summed E-state index contributed by atoms with van der Waals surface area (Å²) in [6.07, 6.45) is 6.00. The quantitative estimate of drug-likeness (QED) is 0.596. The van der Waals surface area contributed by atoms with Gasteiger partial charge >= 0.3 is 0 Å². The molecule has 0 aliphatic carbocycles. The Labute approximate surface area is 101 Å². The summed E-state index contributed by atoms with van der Waals surface area (Å²) in [7, 11) is 0. The van der Waals surface area contributed by atoms with Crippen LogP contribution in [0.25, 0.3) is 0 Å². The van der Waals surface area contributed by atoms with Crippen LogP contribution in [0.2, 0.25) is 0 Å². The zero-order chi connectivity index (χ0) is 12.6. The van der Waals surface area contributed by atoms with E-state index in [1.54, 1.807) is 0 Å². The fourth-order valence-electron chi connectivity index (χ4n) is 2.60. The van der Waals surface area contributed by atoms with Crippen LogP contribution in [0.3, 0.4) is 0 Å². The molecule has 2 unspecified atom stereocenters. The molecule has 0 aromatic carbocycles. The first-order chi connectivity index (χ1) is 7.54. The zero-order valence-corrected chi connectivity index (χ0v) is 11.5. The Morgan fingerprint density at radius 1 is 1.00 bits per heavy atom. The molecule has 2 atom stereocenters. The van der Waals surface area contributed by atoms with E-state index in [1.807, 2.05) is 13.8 Å². The van der Waals surface area contributed by atoms with E-state index in [2.05, 4.69) is 13.8 Å². The van der Waals surface area contributed by atoms with Crippen molar-refractivity contribution >= 4 is 0 Å². The van der Waals surface area contributed by atoms with Gasteiger partial charge in [-0.3, -0.25) is 0 Å². The molecule has 0 aromatic rings. The largest absolute Gasteiger partial charge is 0.396 e. The van der Waals surface area contributed by atoms with E-state index < -0.39 is 0 Å². The first-order valence-electron chi connectivity index (χ1n) is 6.83. The Morgan fingerprint density at radius 3 is 2.00 bits per heavy atom. The van der Waals surface area contributed by atoms with Crippen molar-refractivity contribution in [3.05, 3.63) is 0 Å². The molecule has 0 heterocycles. The second-order valence-electron chi connectivity index (χ2n) is 5.42. The predicted molar refractivity (Wildman–Crippen MR) is 69.4 cm³/mol.